The quantitative estimate of drug-likeness (QED) is 0.481. The van der Waals surface area contributed by atoms with E-state index >= 15 is 0 Å². The third kappa shape index (κ3) is 4.92. The largest absolute Gasteiger partial charge is 0.367 e. The molecule has 2 saturated heterocycles. The van der Waals surface area contributed by atoms with E-state index in [1.165, 1.54) is 47.7 Å². The van der Waals surface area contributed by atoms with E-state index in [1.54, 1.807) is 0 Å². The Morgan fingerprint density at radius 3 is 2.42 bits per heavy atom. The Hall–Kier alpha value is -3.12. The summed E-state index contributed by atoms with van der Waals surface area (Å²) in [5.74, 6) is 0. The minimum absolute atomic E-state index is 0.0206. The molecule has 188 valence electrons. The standard InChI is InChI=1S/C30H37N5O/c36-30(32-24-11-5-6-12-24)33-28(22-8-2-1-3-9-22)16-17-35-25-14-15-26(35)21-34(20-25)29-19-31-18-23-10-4-7-13-27(23)29/h1-4,7-10,13,18-19,24-26,28H,5-6,11-12,14-17,20-21H2,(H2,32,33,36). The second kappa shape index (κ2) is 10.5. The Labute approximate surface area is 214 Å². The van der Waals surface area contributed by atoms with Crippen molar-refractivity contribution in [1.29, 1.82) is 0 Å². The zero-order chi connectivity index (χ0) is 24.3. The Bertz CT molecular complexity index is 1160. The number of nitrogens with zero attached hydrogens (tertiary/aromatic N) is 3. The summed E-state index contributed by atoms with van der Waals surface area (Å²) < 4.78 is 0. The number of urea groups is 1. The van der Waals surface area contributed by atoms with Gasteiger partial charge in [0.05, 0.1) is 17.9 Å². The highest BCUT2D eigenvalue weighted by atomic mass is 16.2. The maximum Gasteiger partial charge on any atom is 0.315 e. The Morgan fingerprint density at radius 2 is 1.64 bits per heavy atom. The van der Waals surface area contributed by atoms with Crippen LogP contribution in [0.3, 0.4) is 0 Å². The molecule has 6 rings (SSSR count). The lowest BCUT2D eigenvalue weighted by Gasteiger charge is -2.42. The van der Waals surface area contributed by atoms with Crippen LogP contribution in [0.1, 0.15) is 56.6 Å². The van der Waals surface area contributed by atoms with Crippen molar-refractivity contribution in [3.05, 3.63) is 72.6 Å². The number of nitrogens with one attached hydrogen (secondary N) is 2. The zero-order valence-electron chi connectivity index (χ0n) is 21.0. The number of piperazine rings is 1. The van der Waals surface area contributed by atoms with E-state index in [-0.39, 0.29) is 12.1 Å². The number of anilines is 1. The highest BCUT2D eigenvalue weighted by Gasteiger charge is 2.40. The first-order valence-electron chi connectivity index (χ1n) is 13.7. The van der Waals surface area contributed by atoms with Gasteiger partial charge in [-0.3, -0.25) is 9.88 Å². The number of pyridine rings is 1. The molecular weight excluding hydrogens is 446 g/mol. The molecule has 1 saturated carbocycles. The third-order valence-electron chi connectivity index (χ3n) is 8.49. The fraction of sp³-hybridized carbons (Fsp3) is 0.467. The molecule has 3 aromatic rings. The minimum Gasteiger partial charge on any atom is -0.367 e. The summed E-state index contributed by atoms with van der Waals surface area (Å²) >= 11 is 0. The Morgan fingerprint density at radius 1 is 0.917 bits per heavy atom. The molecule has 6 heteroatoms. The maximum absolute atomic E-state index is 12.8. The average Bonchev–Trinajstić information content (AvgIpc) is 3.50. The van der Waals surface area contributed by atoms with E-state index in [1.807, 2.05) is 18.5 Å². The molecule has 2 bridgehead atoms. The summed E-state index contributed by atoms with van der Waals surface area (Å²) in [4.78, 5) is 22.6. The normalized spacial score (nSPS) is 23.2. The lowest BCUT2D eigenvalue weighted by atomic mass is 10.0. The number of amides is 2. The number of carbonyl (C=O) groups is 1. The van der Waals surface area contributed by atoms with E-state index in [4.69, 9.17) is 0 Å². The smallest absolute Gasteiger partial charge is 0.315 e. The van der Waals surface area contributed by atoms with Gasteiger partial charge in [0.25, 0.3) is 0 Å². The van der Waals surface area contributed by atoms with Crippen molar-refractivity contribution >= 4 is 22.5 Å². The van der Waals surface area contributed by atoms with Gasteiger partial charge in [-0.25, -0.2) is 4.79 Å². The molecule has 1 aromatic heterocycles. The molecule has 3 atom stereocenters. The van der Waals surface area contributed by atoms with Crippen molar-refractivity contribution in [2.24, 2.45) is 0 Å². The molecule has 3 fully saturated rings. The summed E-state index contributed by atoms with van der Waals surface area (Å²) in [6.45, 7) is 3.08. The van der Waals surface area contributed by atoms with Gasteiger partial charge >= 0.3 is 6.03 Å². The zero-order valence-corrected chi connectivity index (χ0v) is 21.0. The van der Waals surface area contributed by atoms with Crippen molar-refractivity contribution in [2.45, 2.75) is 69.1 Å². The van der Waals surface area contributed by atoms with Crippen LogP contribution in [0.5, 0.6) is 0 Å². The van der Waals surface area contributed by atoms with Crippen LogP contribution in [0, 0.1) is 0 Å². The first kappa shape index (κ1) is 23.3. The Balaban J connectivity index is 1.12. The lowest BCUT2D eigenvalue weighted by molar-refractivity contribution is 0.161. The van der Waals surface area contributed by atoms with Gasteiger partial charge in [0.2, 0.25) is 0 Å². The number of rotatable bonds is 7. The maximum atomic E-state index is 12.8. The summed E-state index contributed by atoms with van der Waals surface area (Å²) in [5, 5.41) is 9.02. The molecule has 0 spiro atoms. The number of aromatic nitrogens is 1. The second-order valence-corrected chi connectivity index (χ2v) is 10.8. The molecular formula is C30H37N5O. The molecule has 0 radical (unpaired) electrons. The lowest BCUT2D eigenvalue weighted by Crippen LogP contribution is -2.54. The van der Waals surface area contributed by atoms with Gasteiger partial charge in [-0.1, -0.05) is 67.4 Å². The fourth-order valence-electron chi connectivity index (χ4n) is 6.65. The van der Waals surface area contributed by atoms with Gasteiger partial charge in [0.1, 0.15) is 0 Å². The van der Waals surface area contributed by atoms with E-state index in [0.29, 0.717) is 18.1 Å². The number of hydrogen-bond donors (Lipinski definition) is 2. The van der Waals surface area contributed by atoms with Gasteiger partial charge in [0.15, 0.2) is 0 Å². The topological polar surface area (TPSA) is 60.5 Å². The predicted molar refractivity (Wildman–Crippen MR) is 145 cm³/mol. The van der Waals surface area contributed by atoms with Gasteiger partial charge in [-0.2, -0.15) is 0 Å². The molecule has 3 heterocycles. The summed E-state index contributed by atoms with van der Waals surface area (Å²) in [5.41, 5.74) is 2.45. The van der Waals surface area contributed by atoms with Crippen LogP contribution < -0.4 is 15.5 Å². The molecule has 6 nitrogen and oxygen atoms in total. The van der Waals surface area contributed by atoms with Crippen molar-refractivity contribution in [3.63, 3.8) is 0 Å². The van der Waals surface area contributed by atoms with Crippen LogP contribution >= 0.6 is 0 Å². The van der Waals surface area contributed by atoms with Crippen LogP contribution in [0.2, 0.25) is 0 Å². The van der Waals surface area contributed by atoms with Gasteiger partial charge in [-0.05, 0) is 37.7 Å². The van der Waals surface area contributed by atoms with Crippen LogP contribution in [0.15, 0.2) is 67.0 Å². The van der Waals surface area contributed by atoms with Gasteiger partial charge in [-0.15, -0.1) is 0 Å². The molecule has 1 aliphatic carbocycles. The van der Waals surface area contributed by atoms with Crippen LogP contribution in [-0.4, -0.2) is 53.7 Å². The number of benzene rings is 2. The summed E-state index contributed by atoms with van der Waals surface area (Å²) in [6.07, 6.45) is 12.0. The van der Waals surface area contributed by atoms with Crippen LogP contribution in [-0.2, 0) is 0 Å². The van der Waals surface area contributed by atoms with Crippen molar-refractivity contribution in [3.8, 4) is 0 Å². The van der Waals surface area contributed by atoms with E-state index in [9.17, 15) is 4.79 Å². The average molecular weight is 484 g/mol. The van der Waals surface area contributed by atoms with E-state index < -0.39 is 0 Å². The third-order valence-corrected chi connectivity index (χ3v) is 8.49. The molecule has 2 amide bonds. The monoisotopic (exact) mass is 483 g/mol. The molecule has 2 N–H and O–H groups in total. The number of hydrogen-bond acceptors (Lipinski definition) is 4. The summed E-state index contributed by atoms with van der Waals surface area (Å²) in [6, 6.07) is 20.5. The van der Waals surface area contributed by atoms with Crippen molar-refractivity contribution in [1.82, 2.24) is 20.5 Å². The minimum atomic E-state index is -0.0213. The van der Waals surface area contributed by atoms with Crippen molar-refractivity contribution < 1.29 is 4.79 Å². The van der Waals surface area contributed by atoms with E-state index in [0.717, 1.165) is 38.9 Å². The fourth-order valence-corrected chi connectivity index (χ4v) is 6.65. The van der Waals surface area contributed by atoms with Crippen LogP contribution in [0.4, 0.5) is 10.5 Å². The molecule has 3 unspecified atom stereocenters. The number of carbonyl (C=O) groups excluding carboxylic acids is 1. The highest BCUT2D eigenvalue weighted by Crippen LogP contribution is 2.35. The Kier molecular flexibility index (Phi) is 6.77. The molecule has 2 aromatic carbocycles. The van der Waals surface area contributed by atoms with Crippen LogP contribution in [0.25, 0.3) is 10.8 Å². The van der Waals surface area contributed by atoms with Gasteiger partial charge < -0.3 is 15.5 Å². The predicted octanol–water partition coefficient (Wildman–Crippen LogP) is 5.26. The van der Waals surface area contributed by atoms with Crippen molar-refractivity contribution in [2.75, 3.05) is 24.5 Å². The molecule has 36 heavy (non-hydrogen) atoms. The first-order valence-corrected chi connectivity index (χ1v) is 13.7. The summed E-state index contributed by atoms with van der Waals surface area (Å²) in [7, 11) is 0. The number of fused-ring (bicyclic) bond motifs is 3. The first-order chi connectivity index (χ1) is 17.7. The highest BCUT2D eigenvalue weighted by molar-refractivity contribution is 5.93. The molecule has 2 aliphatic heterocycles. The SMILES string of the molecule is O=C(NC1CCCC1)NC(CCN1C2CCC1CN(c1cncc3ccccc13)C2)c1ccccc1. The second-order valence-electron chi connectivity index (χ2n) is 10.8. The molecule has 3 aliphatic rings. The van der Waals surface area contributed by atoms with Gasteiger partial charge in [0, 0.05) is 54.7 Å². The van der Waals surface area contributed by atoms with E-state index in [2.05, 4.69) is 73.9 Å².